The normalized spacial score (nSPS) is 20.6. The van der Waals surface area contributed by atoms with Gasteiger partial charge in [0.05, 0.1) is 6.26 Å². The predicted octanol–water partition coefficient (Wildman–Crippen LogP) is 0.937. The van der Waals surface area contributed by atoms with Crippen molar-refractivity contribution in [3.05, 3.63) is 33.2 Å². The second-order valence-electron chi connectivity index (χ2n) is 3.76. The minimum Gasteiger partial charge on any atom is -0.388 e. The first-order valence-corrected chi connectivity index (χ1v) is 5.34. The molecular weight excluding hydrogens is 278 g/mol. The van der Waals surface area contributed by atoms with Crippen LogP contribution in [0.3, 0.4) is 0 Å². The van der Waals surface area contributed by atoms with Crippen molar-refractivity contribution >= 4 is 23.9 Å². The number of carbonyl (C=O) groups excluding carboxylic acids is 1. The zero-order valence-corrected chi connectivity index (χ0v) is 10.1. The smallest absolute Gasteiger partial charge is 0.388 e. The summed E-state index contributed by atoms with van der Waals surface area (Å²) < 4.78 is 29.4. The molecule has 0 aliphatic carbocycles. The van der Waals surface area contributed by atoms with Crippen molar-refractivity contribution in [3.8, 4) is 0 Å². The van der Waals surface area contributed by atoms with Crippen LogP contribution in [0.25, 0.3) is 0 Å². The number of alkyl halides is 2. The molecule has 0 saturated heterocycles. The van der Waals surface area contributed by atoms with Crippen LogP contribution in [-0.2, 0) is 4.74 Å². The van der Waals surface area contributed by atoms with Crippen LogP contribution in [-0.4, -0.2) is 28.9 Å². The Morgan fingerprint density at radius 2 is 2.15 bits per heavy atom. The Kier molecular flexibility index (Phi) is 3.32. The van der Waals surface area contributed by atoms with Crippen molar-refractivity contribution in [1.82, 2.24) is 14.5 Å². The van der Waals surface area contributed by atoms with E-state index in [1.807, 2.05) is 9.97 Å². The number of hydrogen-bond acceptors (Lipinski definition) is 5. The Labute approximate surface area is 109 Å². The van der Waals surface area contributed by atoms with Gasteiger partial charge >= 0.3 is 18.3 Å². The summed E-state index contributed by atoms with van der Waals surface area (Å²) in [6, 6.07) is 0. The molecule has 8 nitrogen and oxygen atoms in total. The van der Waals surface area contributed by atoms with E-state index in [-0.39, 0.29) is 0 Å². The molecule has 0 saturated carbocycles. The van der Waals surface area contributed by atoms with E-state index in [0.717, 1.165) is 6.26 Å². The second kappa shape index (κ2) is 4.81. The number of halogens is 2. The maximum atomic E-state index is 13.3. The molecule has 2 heterocycles. The molecule has 2 N–H and O–H groups in total. The zero-order valence-electron chi connectivity index (χ0n) is 10.1. The number of ether oxygens (including phenoxy) is 1. The number of H-pyrrole nitrogens is 2. The summed E-state index contributed by atoms with van der Waals surface area (Å²) >= 11 is 0. The number of carbonyl (C=O) groups is 1. The van der Waals surface area contributed by atoms with Crippen LogP contribution in [0.4, 0.5) is 25.1 Å². The lowest BCUT2D eigenvalue weighted by Crippen LogP contribution is -2.56. The first kappa shape index (κ1) is 13.8. The van der Waals surface area contributed by atoms with E-state index < -0.39 is 39.9 Å². The third-order valence-electron chi connectivity index (χ3n) is 2.55. The van der Waals surface area contributed by atoms with Gasteiger partial charge in [-0.15, -0.1) is 8.78 Å². The Morgan fingerprint density at radius 1 is 1.45 bits per heavy atom. The molecule has 2 rings (SSSR count). The molecule has 1 amide bonds. The summed E-state index contributed by atoms with van der Waals surface area (Å²) in [6.07, 6.45) is 1.37. The number of hydrogen-bond donors (Lipinski definition) is 2. The van der Waals surface area contributed by atoms with Crippen molar-refractivity contribution in [1.29, 1.82) is 0 Å². The van der Waals surface area contributed by atoms with Crippen molar-refractivity contribution in [2.45, 2.75) is 13.5 Å². The molecule has 106 valence electrons. The van der Waals surface area contributed by atoms with E-state index in [9.17, 15) is 23.2 Å². The summed E-state index contributed by atoms with van der Waals surface area (Å²) in [6.45, 7) is -1.80. The molecule has 1 unspecified atom stereocenters. The quantitative estimate of drug-likeness (QED) is 0.479. The van der Waals surface area contributed by atoms with Gasteiger partial charge in [-0.1, -0.05) is 10.6 Å². The van der Waals surface area contributed by atoms with Crippen molar-refractivity contribution < 1.29 is 18.3 Å². The fourth-order valence-electron chi connectivity index (χ4n) is 1.64. The van der Waals surface area contributed by atoms with Gasteiger partial charge in [0, 0.05) is 0 Å². The molecule has 1 aromatic rings. The molecular formula is C10H9F2N4O4+. The van der Waals surface area contributed by atoms with E-state index in [2.05, 4.69) is 9.73 Å². The summed E-state index contributed by atoms with van der Waals surface area (Å²) in [5.41, 5.74) is -2.47. The largest absolute Gasteiger partial charge is 0.538 e. The number of nitrogens with one attached hydrogen (secondary N) is 2. The highest BCUT2D eigenvalue weighted by atomic mass is 19.3. The van der Waals surface area contributed by atoms with Crippen LogP contribution in [0.2, 0.25) is 0 Å². The number of amides is 1. The molecule has 0 bridgehead atoms. The van der Waals surface area contributed by atoms with E-state index in [0.29, 0.717) is 6.34 Å². The van der Waals surface area contributed by atoms with Gasteiger partial charge in [0.15, 0.2) is 0 Å². The molecule has 1 aliphatic rings. The number of aromatic nitrogens is 2. The zero-order chi connectivity index (χ0) is 14.9. The van der Waals surface area contributed by atoms with Gasteiger partial charge in [-0.25, -0.2) is 4.79 Å². The molecule has 1 aromatic heterocycles. The average molecular weight is 287 g/mol. The van der Waals surface area contributed by atoms with Crippen molar-refractivity contribution in [2.75, 3.05) is 0 Å². The first-order valence-electron chi connectivity index (χ1n) is 5.34. The molecule has 0 aromatic carbocycles. The van der Waals surface area contributed by atoms with Crippen molar-refractivity contribution in [2.24, 2.45) is 4.99 Å². The van der Waals surface area contributed by atoms with Crippen molar-refractivity contribution in [3.63, 3.8) is 0 Å². The van der Waals surface area contributed by atoms with E-state index >= 15 is 0 Å². The number of nitrogens with zero attached hydrogens (tertiary/aromatic N) is 2. The first-order chi connectivity index (χ1) is 9.43. The van der Waals surface area contributed by atoms with Gasteiger partial charge in [0.25, 0.3) is 11.4 Å². The standard InChI is InChI=1S/C10H8F2N4O4/c1-2-3-20-10(19)16(8(11)12)4-13-5-6(16)14-9(18)15-7(5)17/h2-4,8H,1H3,(H-,14,15,17,18)/p+1. The predicted molar refractivity (Wildman–Crippen MR) is 64.9 cm³/mol. The number of aromatic amines is 2. The molecule has 10 heteroatoms. The highest BCUT2D eigenvalue weighted by molar-refractivity contribution is 6.04. The summed E-state index contributed by atoms with van der Waals surface area (Å²) in [5, 5.41) is 0. The Bertz CT molecular complexity index is 721. The maximum absolute atomic E-state index is 13.3. The SMILES string of the molecule is CC=COC(=O)[N+]1(C(F)F)C=Nc2c1[nH]c(=O)[nH]c2=O. The van der Waals surface area contributed by atoms with Crippen LogP contribution in [0.5, 0.6) is 0 Å². The second-order valence-corrected chi connectivity index (χ2v) is 3.76. The minimum absolute atomic E-state index is 0.470. The van der Waals surface area contributed by atoms with Gasteiger partial charge in [-0.2, -0.15) is 9.79 Å². The summed E-state index contributed by atoms with van der Waals surface area (Å²) in [5.74, 6) is -0.636. The van der Waals surface area contributed by atoms with Crippen LogP contribution >= 0.6 is 0 Å². The molecule has 1 atom stereocenters. The van der Waals surface area contributed by atoms with Gasteiger partial charge < -0.3 is 4.74 Å². The van der Waals surface area contributed by atoms with Crippen LogP contribution < -0.4 is 15.7 Å². The molecule has 0 fully saturated rings. The monoisotopic (exact) mass is 287 g/mol. The molecule has 0 spiro atoms. The van der Waals surface area contributed by atoms with Gasteiger partial charge in [-0.3, -0.25) is 14.8 Å². The lowest BCUT2D eigenvalue weighted by molar-refractivity contribution is 0.0301. The van der Waals surface area contributed by atoms with Gasteiger partial charge in [0.1, 0.15) is 0 Å². The number of fused-ring (bicyclic) bond motifs is 1. The van der Waals surface area contributed by atoms with Crippen LogP contribution in [0.15, 0.2) is 26.9 Å². The Morgan fingerprint density at radius 3 is 2.75 bits per heavy atom. The Hall–Kier alpha value is -2.62. The lowest BCUT2D eigenvalue weighted by atomic mass is 10.4. The topological polar surface area (TPSA) is 104 Å². The fourth-order valence-corrected chi connectivity index (χ4v) is 1.64. The third kappa shape index (κ3) is 1.86. The maximum Gasteiger partial charge on any atom is 0.538 e. The minimum atomic E-state index is -3.31. The van der Waals surface area contributed by atoms with E-state index in [1.54, 1.807) is 0 Å². The molecule has 0 radical (unpaired) electrons. The summed E-state index contributed by atoms with van der Waals surface area (Å²) in [4.78, 5) is 41.8. The van der Waals surface area contributed by atoms with Crippen LogP contribution in [0.1, 0.15) is 6.92 Å². The van der Waals surface area contributed by atoms with E-state index in [4.69, 9.17) is 0 Å². The highest BCUT2D eigenvalue weighted by Crippen LogP contribution is 2.36. The fraction of sp³-hybridized carbons (Fsp3) is 0.200. The number of aliphatic imine (C=N–C) groups is 1. The van der Waals surface area contributed by atoms with E-state index in [1.165, 1.54) is 13.0 Å². The lowest BCUT2D eigenvalue weighted by Gasteiger charge is -2.22. The van der Waals surface area contributed by atoms with Gasteiger partial charge in [-0.05, 0) is 6.92 Å². The number of allylic oxidation sites excluding steroid dienone is 1. The van der Waals surface area contributed by atoms with Crippen LogP contribution in [0, 0.1) is 0 Å². The highest BCUT2D eigenvalue weighted by Gasteiger charge is 2.55. The summed E-state index contributed by atoms with van der Waals surface area (Å²) in [7, 11) is 0. The molecule has 1 aliphatic heterocycles. The number of quaternary nitrogens is 1. The molecule has 20 heavy (non-hydrogen) atoms. The Balaban J connectivity index is 2.66. The number of rotatable bonds is 2. The third-order valence-corrected chi connectivity index (χ3v) is 2.55. The average Bonchev–Trinajstić information content (AvgIpc) is 2.76. The van der Waals surface area contributed by atoms with Gasteiger partial charge in [0.2, 0.25) is 12.0 Å².